The Morgan fingerprint density at radius 2 is 1.93 bits per heavy atom. The van der Waals surface area contributed by atoms with Crippen LogP contribution in [0, 0.1) is 18.3 Å². The van der Waals surface area contributed by atoms with Crippen LogP contribution < -0.4 is 11.0 Å². The van der Waals surface area contributed by atoms with Gasteiger partial charge in [0.05, 0.1) is 11.9 Å². The largest absolute Gasteiger partial charge is 0.334 e. The fourth-order valence-electron chi connectivity index (χ4n) is 2.77. The first-order valence-corrected chi connectivity index (χ1v) is 8.93. The highest BCUT2D eigenvalue weighted by molar-refractivity contribution is 5.82. The lowest BCUT2D eigenvalue weighted by atomic mass is 10.1. The molecule has 4 aromatic rings. The zero-order valence-corrected chi connectivity index (χ0v) is 15.8. The van der Waals surface area contributed by atoms with E-state index in [-0.39, 0.29) is 17.2 Å². The van der Waals surface area contributed by atoms with Crippen LogP contribution in [-0.2, 0) is 0 Å². The van der Waals surface area contributed by atoms with E-state index in [0.29, 0.717) is 17.3 Å². The third kappa shape index (κ3) is 3.98. The summed E-state index contributed by atoms with van der Waals surface area (Å²) >= 11 is 0. The molecule has 2 aromatic carbocycles. The number of rotatable bonds is 5. The molecule has 0 aliphatic heterocycles. The van der Waals surface area contributed by atoms with Gasteiger partial charge in [-0.1, -0.05) is 47.6 Å². The molecule has 0 radical (unpaired) electrons. The number of hydrazone groups is 1. The first kappa shape index (κ1) is 18.8. The normalized spacial score (nSPS) is 10.8. The van der Waals surface area contributed by atoms with E-state index in [4.69, 9.17) is 4.52 Å². The van der Waals surface area contributed by atoms with Crippen molar-refractivity contribution in [2.75, 3.05) is 5.43 Å². The minimum atomic E-state index is -0.544. The number of hydrogen-bond donors (Lipinski definition) is 2. The van der Waals surface area contributed by atoms with Gasteiger partial charge in [0.25, 0.3) is 11.4 Å². The fourth-order valence-corrected chi connectivity index (χ4v) is 2.77. The Hall–Kier alpha value is -4.58. The minimum Gasteiger partial charge on any atom is -0.334 e. The molecule has 4 rings (SSSR count). The van der Waals surface area contributed by atoms with Crippen molar-refractivity contribution in [2.24, 2.45) is 5.10 Å². The molecular weight excluding hydrogens is 382 g/mol. The molecule has 2 aromatic heterocycles. The Balaban J connectivity index is 1.59. The van der Waals surface area contributed by atoms with E-state index in [1.165, 1.54) is 0 Å². The molecule has 2 heterocycles. The summed E-state index contributed by atoms with van der Waals surface area (Å²) in [6, 6.07) is 18.3. The highest BCUT2D eigenvalue weighted by atomic mass is 16.5. The van der Waals surface area contributed by atoms with Crippen molar-refractivity contribution < 1.29 is 4.52 Å². The molecule has 0 spiro atoms. The van der Waals surface area contributed by atoms with Crippen molar-refractivity contribution in [1.29, 1.82) is 5.26 Å². The Kier molecular flexibility index (Phi) is 5.13. The molecular formula is C21H15N7O2. The highest BCUT2D eigenvalue weighted by Gasteiger charge is 2.13. The Bertz CT molecular complexity index is 1320. The maximum Gasteiger partial charge on any atom is 0.270 e. The molecule has 146 valence electrons. The zero-order valence-electron chi connectivity index (χ0n) is 15.8. The Morgan fingerprint density at radius 1 is 1.13 bits per heavy atom. The zero-order chi connectivity index (χ0) is 20.9. The molecule has 0 bridgehead atoms. The van der Waals surface area contributed by atoms with E-state index in [1.54, 1.807) is 25.3 Å². The van der Waals surface area contributed by atoms with E-state index in [9.17, 15) is 10.1 Å². The molecule has 0 atom stereocenters. The fraction of sp³-hybridized carbons (Fsp3) is 0.0476. The number of hydrogen-bond acceptors (Lipinski definition) is 8. The molecule has 0 fully saturated rings. The number of aromatic nitrogens is 4. The molecule has 0 saturated heterocycles. The number of anilines is 1. The van der Waals surface area contributed by atoms with E-state index in [0.717, 1.165) is 11.1 Å². The van der Waals surface area contributed by atoms with Crippen LogP contribution in [0.25, 0.3) is 22.7 Å². The summed E-state index contributed by atoms with van der Waals surface area (Å²) < 4.78 is 5.17. The van der Waals surface area contributed by atoms with Gasteiger partial charge < -0.3 is 4.52 Å². The van der Waals surface area contributed by atoms with Crippen LogP contribution in [0.5, 0.6) is 0 Å². The van der Waals surface area contributed by atoms with Crippen LogP contribution in [0.4, 0.5) is 5.95 Å². The number of benzene rings is 2. The second-order valence-corrected chi connectivity index (χ2v) is 6.26. The predicted octanol–water partition coefficient (Wildman–Crippen LogP) is 3.11. The lowest BCUT2D eigenvalue weighted by Gasteiger charge is -2.06. The van der Waals surface area contributed by atoms with Crippen LogP contribution in [0.15, 0.2) is 69.0 Å². The van der Waals surface area contributed by atoms with Gasteiger partial charge in [-0.15, -0.1) is 0 Å². The molecule has 2 N–H and O–H groups in total. The quantitative estimate of drug-likeness (QED) is 0.390. The van der Waals surface area contributed by atoms with Gasteiger partial charge >= 0.3 is 0 Å². The molecule has 30 heavy (non-hydrogen) atoms. The molecule has 9 nitrogen and oxygen atoms in total. The summed E-state index contributed by atoms with van der Waals surface area (Å²) in [4.78, 5) is 23.3. The van der Waals surface area contributed by atoms with Gasteiger partial charge in [-0.2, -0.15) is 15.3 Å². The lowest BCUT2D eigenvalue weighted by molar-refractivity contribution is 0.425. The van der Waals surface area contributed by atoms with Crippen LogP contribution in [0.2, 0.25) is 0 Å². The average molecular weight is 397 g/mol. The number of nitrogens with zero attached hydrogens (tertiary/aromatic N) is 5. The monoisotopic (exact) mass is 397 g/mol. The van der Waals surface area contributed by atoms with E-state index < -0.39 is 5.56 Å². The van der Waals surface area contributed by atoms with Crippen LogP contribution >= 0.6 is 0 Å². The first-order chi connectivity index (χ1) is 14.6. The van der Waals surface area contributed by atoms with Gasteiger partial charge in [-0.3, -0.25) is 9.78 Å². The van der Waals surface area contributed by atoms with Crippen molar-refractivity contribution >= 4 is 12.2 Å². The van der Waals surface area contributed by atoms with Crippen LogP contribution in [-0.4, -0.2) is 26.3 Å². The number of nitriles is 1. The summed E-state index contributed by atoms with van der Waals surface area (Å²) in [5.41, 5.74) is 4.58. The van der Waals surface area contributed by atoms with Gasteiger partial charge in [0.1, 0.15) is 11.6 Å². The van der Waals surface area contributed by atoms with Gasteiger partial charge in [-0.25, -0.2) is 10.4 Å². The van der Waals surface area contributed by atoms with Gasteiger partial charge in [0.2, 0.25) is 5.95 Å². The van der Waals surface area contributed by atoms with E-state index >= 15 is 0 Å². The number of aryl methyl sites for hydroxylation is 1. The summed E-state index contributed by atoms with van der Waals surface area (Å²) in [5.74, 6) is 1.09. The SMILES string of the molecule is Cc1noc(-c2cccc(C=NNc3nc(-c4ccccc4)c(C#N)c(=O)[nH]3)c2)n1. The lowest BCUT2D eigenvalue weighted by Crippen LogP contribution is -2.16. The van der Waals surface area contributed by atoms with Crippen LogP contribution in [0.1, 0.15) is 17.0 Å². The molecule has 0 saturated carbocycles. The van der Waals surface area contributed by atoms with E-state index in [1.807, 2.05) is 48.5 Å². The average Bonchev–Trinajstić information content (AvgIpc) is 3.21. The van der Waals surface area contributed by atoms with Crippen molar-refractivity contribution in [3.8, 4) is 28.8 Å². The predicted molar refractivity (Wildman–Crippen MR) is 111 cm³/mol. The van der Waals surface area contributed by atoms with Crippen molar-refractivity contribution in [2.45, 2.75) is 6.92 Å². The van der Waals surface area contributed by atoms with Crippen molar-refractivity contribution in [1.82, 2.24) is 20.1 Å². The maximum atomic E-state index is 12.3. The van der Waals surface area contributed by atoms with Gasteiger partial charge in [-0.05, 0) is 24.6 Å². The molecule has 0 unspecified atom stereocenters. The third-order valence-electron chi connectivity index (χ3n) is 4.12. The van der Waals surface area contributed by atoms with E-state index in [2.05, 4.69) is 30.6 Å². The topological polar surface area (TPSA) is 133 Å². The Morgan fingerprint density at radius 3 is 2.67 bits per heavy atom. The standard InChI is InChI=1S/C21H15N7O2/c1-13-24-20(30-28-13)16-9-5-6-14(10-16)12-23-27-21-25-18(15-7-3-2-4-8-15)17(11-22)19(29)26-21/h2-10,12H,1H3,(H2,25,26,27,29). The summed E-state index contributed by atoms with van der Waals surface area (Å²) in [5, 5.41) is 17.2. The smallest absolute Gasteiger partial charge is 0.270 e. The third-order valence-corrected chi connectivity index (χ3v) is 4.12. The molecule has 9 heteroatoms. The number of aromatic amines is 1. The van der Waals surface area contributed by atoms with Crippen molar-refractivity contribution in [3.05, 3.63) is 81.9 Å². The molecule has 0 amide bonds. The molecule has 0 aliphatic rings. The summed E-state index contributed by atoms with van der Waals surface area (Å²) in [6.45, 7) is 1.75. The summed E-state index contributed by atoms with van der Waals surface area (Å²) in [7, 11) is 0. The molecule has 0 aliphatic carbocycles. The minimum absolute atomic E-state index is 0.0571. The van der Waals surface area contributed by atoms with Gasteiger partial charge in [0.15, 0.2) is 5.82 Å². The highest BCUT2D eigenvalue weighted by Crippen LogP contribution is 2.20. The number of nitrogens with one attached hydrogen (secondary N) is 2. The maximum absolute atomic E-state index is 12.3. The van der Waals surface area contributed by atoms with Crippen LogP contribution in [0.3, 0.4) is 0 Å². The Labute approximate surface area is 170 Å². The first-order valence-electron chi connectivity index (χ1n) is 8.93. The second-order valence-electron chi connectivity index (χ2n) is 6.26. The summed E-state index contributed by atoms with van der Waals surface area (Å²) in [6.07, 6.45) is 1.56. The van der Waals surface area contributed by atoms with Crippen molar-refractivity contribution in [3.63, 3.8) is 0 Å². The van der Waals surface area contributed by atoms with Gasteiger partial charge in [0, 0.05) is 11.1 Å². The second kappa shape index (κ2) is 8.20. The number of H-pyrrole nitrogens is 1.